The van der Waals surface area contributed by atoms with E-state index in [1.165, 1.54) is 0 Å². The topological polar surface area (TPSA) is 44.8 Å². The van der Waals surface area contributed by atoms with Gasteiger partial charge in [0.1, 0.15) is 0 Å². The first-order valence-electron chi connectivity index (χ1n) is 8.98. The Labute approximate surface area is 148 Å². The Kier molecular flexibility index (Phi) is 5.50. The van der Waals surface area contributed by atoms with E-state index >= 15 is 0 Å². The summed E-state index contributed by atoms with van der Waals surface area (Å²) < 4.78 is 80.4. The molecule has 0 spiro atoms. The first kappa shape index (κ1) is 19.8. The Morgan fingerprint density at radius 3 is 2.31 bits per heavy atom. The van der Waals surface area contributed by atoms with Crippen LogP contribution in [0.4, 0.5) is 22.0 Å². The number of halogens is 5. The summed E-state index contributed by atoms with van der Waals surface area (Å²) in [4.78, 5) is 12.1. The molecule has 0 aromatic rings. The van der Waals surface area contributed by atoms with Crippen LogP contribution in [0.15, 0.2) is 0 Å². The minimum absolute atomic E-state index is 0.0227. The number of rotatable bonds is 5. The average molecular weight is 386 g/mol. The monoisotopic (exact) mass is 386 g/mol. The Balaban J connectivity index is 1.55. The van der Waals surface area contributed by atoms with Gasteiger partial charge in [-0.15, -0.1) is 0 Å². The average Bonchev–Trinajstić information content (AvgIpc) is 3.11. The zero-order valence-corrected chi connectivity index (χ0v) is 14.4. The van der Waals surface area contributed by atoms with Crippen LogP contribution in [0.5, 0.6) is 0 Å². The Morgan fingerprint density at radius 1 is 1.08 bits per heavy atom. The van der Waals surface area contributed by atoms with Crippen LogP contribution in [-0.2, 0) is 19.0 Å². The van der Waals surface area contributed by atoms with Gasteiger partial charge in [0.05, 0.1) is 12.0 Å². The van der Waals surface area contributed by atoms with Crippen molar-refractivity contribution in [1.82, 2.24) is 0 Å². The molecule has 1 saturated heterocycles. The number of carbonyl (C=O) groups is 1. The van der Waals surface area contributed by atoms with E-state index in [2.05, 4.69) is 4.74 Å². The van der Waals surface area contributed by atoms with Crippen molar-refractivity contribution in [3.05, 3.63) is 0 Å². The summed E-state index contributed by atoms with van der Waals surface area (Å²) in [6.07, 6.45) is -4.82. The van der Waals surface area contributed by atoms with Gasteiger partial charge in [-0.05, 0) is 50.4 Å². The highest BCUT2D eigenvalue weighted by atomic mass is 19.4. The molecule has 3 aliphatic rings. The SMILES string of the molecule is CC(F)(F)C(OC(=O)C1CC2CC1CC2OC1CCCCO1)C(F)(F)F. The summed E-state index contributed by atoms with van der Waals surface area (Å²) in [5, 5.41) is 0. The molecule has 0 aromatic heterocycles. The molecule has 1 heterocycles. The van der Waals surface area contributed by atoms with Crippen LogP contribution in [0.2, 0.25) is 0 Å². The molecule has 2 bridgehead atoms. The van der Waals surface area contributed by atoms with E-state index in [1.807, 2.05) is 0 Å². The van der Waals surface area contributed by atoms with E-state index in [9.17, 15) is 26.7 Å². The third-order valence-electron chi connectivity index (χ3n) is 5.55. The zero-order valence-electron chi connectivity index (χ0n) is 14.4. The van der Waals surface area contributed by atoms with Gasteiger partial charge in [0.2, 0.25) is 0 Å². The van der Waals surface area contributed by atoms with Gasteiger partial charge in [0.15, 0.2) is 6.29 Å². The summed E-state index contributed by atoms with van der Waals surface area (Å²) in [5.74, 6) is -6.32. The van der Waals surface area contributed by atoms with E-state index in [1.54, 1.807) is 0 Å². The van der Waals surface area contributed by atoms with Gasteiger partial charge < -0.3 is 14.2 Å². The first-order valence-corrected chi connectivity index (χ1v) is 8.98. The number of ether oxygens (including phenoxy) is 3. The molecule has 3 rings (SSSR count). The fourth-order valence-electron chi connectivity index (χ4n) is 4.35. The molecule has 1 aliphatic heterocycles. The second-order valence-electron chi connectivity index (χ2n) is 7.62. The van der Waals surface area contributed by atoms with Crippen molar-refractivity contribution in [2.75, 3.05) is 6.61 Å². The highest BCUT2D eigenvalue weighted by Gasteiger charge is 2.58. The molecule has 0 radical (unpaired) electrons. The predicted octanol–water partition coefficient (Wildman–Crippen LogP) is 4.07. The van der Waals surface area contributed by atoms with Gasteiger partial charge in [-0.3, -0.25) is 4.79 Å². The van der Waals surface area contributed by atoms with Crippen LogP contribution in [0, 0.1) is 17.8 Å². The van der Waals surface area contributed by atoms with E-state index in [0.717, 1.165) is 19.3 Å². The molecule has 2 aliphatic carbocycles. The molecular formula is C17H23F5O4. The van der Waals surface area contributed by atoms with Gasteiger partial charge in [0.25, 0.3) is 12.0 Å². The Hall–Kier alpha value is -0.960. The third-order valence-corrected chi connectivity index (χ3v) is 5.55. The van der Waals surface area contributed by atoms with Crippen LogP contribution in [0.3, 0.4) is 0 Å². The normalized spacial score (nSPS) is 36.2. The van der Waals surface area contributed by atoms with Crippen LogP contribution in [-0.4, -0.2) is 43.2 Å². The quantitative estimate of drug-likeness (QED) is 0.528. The highest BCUT2D eigenvalue weighted by Crippen LogP contribution is 2.51. The van der Waals surface area contributed by atoms with Gasteiger partial charge >= 0.3 is 12.1 Å². The van der Waals surface area contributed by atoms with Crippen molar-refractivity contribution >= 4 is 5.97 Å². The fourth-order valence-corrected chi connectivity index (χ4v) is 4.35. The second kappa shape index (κ2) is 7.22. The van der Waals surface area contributed by atoms with Crippen LogP contribution in [0.1, 0.15) is 45.4 Å². The summed E-state index contributed by atoms with van der Waals surface area (Å²) in [6.45, 7) is 0.748. The standard InChI is InChI=1S/C17H23F5O4/c1-16(18,19)15(17(20,21)22)26-14(23)11-7-10-6-9(11)8-12(10)25-13-4-2-3-5-24-13/h9-13,15H,2-8H2,1H3. The molecule has 6 unspecified atom stereocenters. The number of carbonyl (C=O) groups excluding carboxylic acids is 1. The summed E-state index contributed by atoms with van der Waals surface area (Å²) in [6, 6.07) is 0. The number of alkyl halides is 5. The van der Waals surface area contributed by atoms with Crippen molar-refractivity contribution in [2.24, 2.45) is 17.8 Å². The van der Waals surface area contributed by atoms with Crippen molar-refractivity contribution in [3.63, 3.8) is 0 Å². The molecule has 2 saturated carbocycles. The lowest BCUT2D eigenvalue weighted by Crippen LogP contribution is -2.47. The fraction of sp³-hybridized carbons (Fsp3) is 0.941. The number of hydrogen-bond acceptors (Lipinski definition) is 4. The Bertz CT molecular complexity index is 498. The second-order valence-corrected chi connectivity index (χ2v) is 7.62. The minimum Gasteiger partial charge on any atom is -0.446 e. The number of hydrogen-bond donors (Lipinski definition) is 0. The van der Waals surface area contributed by atoms with E-state index in [0.29, 0.717) is 25.9 Å². The molecule has 4 nitrogen and oxygen atoms in total. The summed E-state index contributed by atoms with van der Waals surface area (Å²) in [7, 11) is 0. The molecule has 0 aromatic carbocycles. The van der Waals surface area contributed by atoms with Crippen LogP contribution >= 0.6 is 0 Å². The molecule has 150 valence electrons. The molecular weight excluding hydrogens is 363 g/mol. The van der Waals surface area contributed by atoms with Crippen molar-refractivity contribution in [2.45, 2.75) is 76.0 Å². The van der Waals surface area contributed by atoms with Gasteiger partial charge in [0, 0.05) is 13.5 Å². The number of esters is 1. The predicted molar refractivity (Wildman–Crippen MR) is 79.3 cm³/mol. The minimum atomic E-state index is -5.31. The van der Waals surface area contributed by atoms with Crippen LogP contribution in [0.25, 0.3) is 0 Å². The molecule has 0 N–H and O–H groups in total. The summed E-state index contributed by atoms with van der Waals surface area (Å²) in [5.41, 5.74) is 0. The molecule has 9 heteroatoms. The van der Waals surface area contributed by atoms with Crippen molar-refractivity contribution < 1.29 is 41.0 Å². The lowest BCUT2D eigenvalue weighted by molar-refractivity contribution is -0.275. The van der Waals surface area contributed by atoms with Crippen molar-refractivity contribution in [3.8, 4) is 0 Å². The number of fused-ring (bicyclic) bond motifs is 2. The van der Waals surface area contributed by atoms with E-state index in [4.69, 9.17) is 9.47 Å². The Morgan fingerprint density at radius 2 is 1.81 bits per heavy atom. The molecule has 26 heavy (non-hydrogen) atoms. The lowest BCUT2D eigenvalue weighted by Gasteiger charge is -2.33. The van der Waals surface area contributed by atoms with Crippen LogP contribution < -0.4 is 0 Å². The van der Waals surface area contributed by atoms with Crippen molar-refractivity contribution in [1.29, 1.82) is 0 Å². The molecule has 6 atom stereocenters. The van der Waals surface area contributed by atoms with Gasteiger partial charge in [-0.2, -0.15) is 13.2 Å². The van der Waals surface area contributed by atoms with Gasteiger partial charge in [-0.25, -0.2) is 8.78 Å². The smallest absolute Gasteiger partial charge is 0.431 e. The highest BCUT2D eigenvalue weighted by molar-refractivity contribution is 5.74. The molecule has 3 fully saturated rings. The van der Waals surface area contributed by atoms with E-state index < -0.39 is 30.1 Å². The molecule has 0 amide bonds. The maximum atomic E-state index is 13.2. The zero-order chi connectivity index (χ0) is 19.1. The first-order chi connectivity index (χ1) is 12.1. The summed E-state index contributed by atoms with van der Waals surface area (Å²) >= 11 is 0. The maximum Gasteiger partial charge on any atom is 0.431 e. The largest absolute Gasteiger partial charge is 0.446 e. The third kappa shape index (κ3) is 4.30. The van der Waals surface area contributed by atoms with Gasteiger partial charge in [-0.1, -0.05) is 0 Å². The van der Waals surface area contributed by atoms with E-state index in [-0.39, 0.29) is 31.2 Å². The lowest BCUT2D eigenvalue weighted by atomic mass is 9.87. The maximum absolute atomic E-state index is 13.2.